The van der Waals surface area contributed by atoms with Crippen LogP contribution in [0.4, 0.5) is 0 Å². The zero-order valence-corrected chi connectivity index (χ0v) is 9.57. The first kappa shape index (κ1) is 9.37. The fraction of sp³-hybridized carbons (Fsp3) is 0.545. The highest BCUT2D eigenvalue weighted by atomic mass is 16.7. The molecule has 0 amide bonds. The monoisotopic (exact) mass is 206 g/mol. The van der Waals surface area contributed by atoms with Crippen molar-refractivity contribution in [1.29, 1.82) is 0 Å². The summed E-state index contributed by atoms with van der Waals surface area (Å²) in [5, 5.41) is 0. The molecule has 0 unspecified atom stereocenters. The number of nitrogens with zero attached hydrogens (tertiary/aromatic N) is 1. The zero-order valence-electron chi connectivity index (χ0n) is 10.6. The molecular formula is C11H16BNO2. The van der Waals surface area contributed by atoms with Gasteiger partial charge >= 0.3 is 7.12 Å². The van der Waals surface area contributed by atoms with Crippen molar-refractivity contribution >= 4 is 12.6 Å². The molecule has 1 aliphatic heterocycles. The third-order valence-electron chi connectivity index (χ3n) is 3.16. The van der Waals surface area contributed by atoms with Crippen molar-refractivity contribution in [3.05, 3.63) is 24.5 Å². The average Bonchev–Trinajstić information content (AvgIpc) is 2.37. The normalized spacial score (nSPS) is 24.0. The van der Waals surface area contributed by atoms with E-state index >= 15 is 0 Å². The van der Waals surface area contributed by atoms with Crippen LogP contribution < -0.4 is 5.46 Å². The first-order chi connectivity index (χ1) is 7.32. The van der Waals surface area contributed by atoms with Gasteiger partial charge in [-0.25, -0.2) is 0 Å². The van der Waals surface area contributed by atoms with Gasteiger partial charge in [0.15, 0.2) is 0 Å². The second kappa shape index (κ2) is 3.32. The molecule has 1 aromatic rings. The first-order valence-corrected chi connectivity index (χ1v) is 5.10. The summed E-state index contributed by atoms with van der Waals surface area (Å²) < 4.78 is 19.1. The highest BCUT2D eigenvalue weighted by Gasteiger charge is 2.51. The zero-order chi connectivity index (χ0) is 12.0. The Balaban J connectivity index is 2.23. The maximum atomic E-state index is 7.33. The van der Waals surface area contributed by atoms with Gasteiger partial charge in [-0.15, -0.1) is 0 Å². The number of pyridine rings is 1. The van der Waals surface area contributed by atoms with Gasteiger partial charge in [0.2, 0.25) is 0 Å². The summed E-state index contributed by atoms with van der Waals surface area (Å²) in [4.78, 5) is 3.93. The van der Waals surface area contributed by atoms with Crippen molar-refractivity contribution in [1.82, 2.24) is 4.98 Å². The lowest BCUT2D eigenvalue weighted by molar-refractivity contribution is 0.00578. The Kier molecular flexibility index (Phi) is 2.07. The summed E-state index contributed by atoms with van der Waals surface area (Å²) in [5.41, 5.74) is 0.184. The Labute approximate surface area is 92.4 Å². The highest BCUT2D eigenvalue weighted by Crippen LogP contribution is 2.36. The lowest BCUT2D eigenvalue weighted by atomic mass is 9.80. The average molecular weight is 206 g/mol. The minimum Gasteiger partial charge on any atom is -0.399 e. The van der Waals surface area contributed by atoms with Crippen LogP contribution in [0.3, 0.4) is 0 Å². The molecule has 0 aliphatic carbocycles. The van der Waals surface area contributed by atoms with Gasteiger partial charge in [-0.05, 0) is 33.8 Å². The van der Waals surface area contributed by atoms with Crippen LogP contribution in [0.5, 0.6) is 0 Å². The maximum absolute atomic E-state index is 7.33. The van der Waals surface area contributed by atoms with Crippen LogP contribution in [0.2, 0.25) is 0 Å². The molecule has 0 radical (unpaired) electrons. The van der Waals surface area contributed by atoms with Crippen molar-refractivity contribution in [3.8, 4) is 0 Å². The Hall–Kier alpha value is -0.865. The van der Waals surface area contributed by atoms with Crippen LogP contribution >= 0.6 is 0 Å². The van der Waals surface area contributed by atoms with Crippen LogP contribution in [0, 0.1) is 0 Å². The van der Waals surface area contributed by atoms with E-state index in [4.69, 9.17) is 10.7 Å². The smallest absolute Gasteiger partial charge is 0.399 e. The van der Waals surface area contributed by atoms with Crippen molar-refractivity contribution in [2.24, 2.45) is 0 Å². The molecule has 1 fully saturated rings. The van der Waals surface area contributed by atoms with Gasteiger partial charge in [-0.1, -0.05) is 6.07 Å². The molecule has 1 aromatic heterocycles. The largest absolute Gasteiger partial charge is 0.496 e. The predicted octanol–water partition coefficient (Wildman–Crippen LogP) is 1.38. The lowest BCUT2D eigenvalue weighted by Gasteiger charge is -2.32. The number of aromatic nitrogens is 1. The van der Waals surface area contributed by atoms with Gasteiger partial charge in [0.25, 0.3) is 0 Å². The Morgan fingerprint density at radius 3 is 2.33 bits per heavy atom. The van der Waals surface area contributed by atoms with Crippen molar-refractivity contribution in [3.63, 3.8) is 0 Å². The standard InChI is InChI=1S/C11H16BNO2/c1-10(2)11(3,4)15-12(14-10)9-6-5-7-13-8-9/h5-8H,1-4H3/i7D. The third-order valence-corrected chi connectivity index (χ3v) is 3.16. The summed E-state index contributed by atoms with van der Waals surface area (Å²) in [6.45, 7) is 8.05. The van der Waals surface area contributed by atoms with Crippen LogP contribution in [0.1, 0.15) is 29.1 Å². The summed E-state index contributed by atoms with van der Waals surface area (Å²) >= 11 is 0. The van der Waals surface area contributed by atoms with Crippen LogP contribution in [0.25, 0.3) is 0 Å². The third kappa shape index (κ3) is 1.79. The van der Waals surface area contributed by atoms with Crippen molar-refractivity contribution < 1.29 is 10.7 Å². The summed E-state index contributed by atoms with van der Waals surface area (Å²) in [7, 11) is -0.391. The molecule has 0 aromatic carbocycles. The van der Waals surface area contributed by atoms with Crippen molar-refractivity contribution in [2.75, 3.05) is 0 Å². The van der Waals surface area contributed by atoms with E-state index in [-0.39, 0.29) is 17.4 Å². The van der Waals surface area contributed by atoms with Crippen molar-refractivity contribution in [2.45, 2.75) is 38.9 Å². The Morgan fingerprint density at radius 2 is 1.87 bits per heavy atom. The Bertz CT molecular complexity index is 375. The van der Waals surface area contributed by atoms with E-state index in [9.17, 15) is 0 Å². The van der Waals surface area contributed by atoms with E-state index in [1.54, 1.807) is 12.3 Å². The molecule has 4 heteroatoms. The molecular weight excluding hydrogens is 189 g/mol. The summed E-state index contributed by atoms with van der Waals surface area (Å²) in [6, 6.07) is 3.46. The Morgan fingerprint density at radius 1 is 1.27 bits per heavy atom. The minimum absolute atomic E-state index is 0.250. The fourth-order valence-electron chi connectivity index (χ4n) is 1.45. The van der Waals surface area contributed by atoms with E-state index in [1.807, 2.05) is 33.8 Å². The summed E-state index contributed by atoms with van der Waals surface area (Å²) in [6.07, 6.45) is 1.88. The molecule has 15 heavy (non-hydrogen) atoms. The molecule has 2 heterocycles. The van der Waals surface area contributed by atoms with E-state index in [2.05, 4.69) is 4.98 Å². The molecule has 80 valence electrons. The predicted molar refractivity (Wildman–Crippen MR) is 60.0 cm³/mol. The second-order valence-electron chi connectivity index (χ2n) is 4.81. The van der Waals surface area contributed by atoms with Gasteiger partial charge in [-0.2, -0.15) is 0 Å². The summed E-state index contributed by atoms with van der Waals surface area (Å²) in [5.74, 6) is 0. The fourth-order valence-corrected chi connectivity index (χ4v) is 1.45. The second-order valence-corrected chi connectivity index (χ2v) is 4.81. The highest BCUT2D eigenvalue weighted by molar-refractivity contribution is 6.62. The molecule has 0 atom stereocenters. The molecule has 1 aliphatic rings. The molecule has 0 saturated carbocycles. The van der Waals surface area contributed by atoms with Gasteiger partial charge in [0, 0.05) is 17.8 Å². The minimum atomic E-state index is -0.391. The van der Waals surface area contributed by atoms with Crippen LogP contribution in [0.15, 0.2) is 24.5 Å². The van der Waals surface area contributed by atoms with Gasteiger partial charge in [-0.3, -0.25) is 4.98 Å². The lowest BCUT2D eigenvalue weighted by Crippen LogP contribution is -2.41. The van der Waals surface area contributed by atoms with E-state index in [0.29, 0.717) is 0 Å². The SMILES string of the molecule is [2H]c1ccc(B2OC(C)(C)C(C)(C)O2)cn1. The molecule has 0 spiro atoms. The van der Waals surface area contributed by atoms with Gasteiger partial charge in [0.1, 0.15) is 0 Å². The molecule has 3 nitrogen and oxygen atoms in total. The van der Waals surface area contributed by atoms with Crippen LogP contribution in [-0.4, -0.2) is 23.3 Å². The van der Waals surface area contributed by atoms with Gasteiger partial charge < -0.3 is 9.31 Å². The first-order valence-electron chi connectivity index (χ1n) is 5.60. The molecule has 0 bridgehead atoms. The quantitative estimate of drug-likeness (QED) is 0.650. The topological polar surface area (TPSA) is 31.4 Å². The maximum Gasteiger partial charge on any atom is 0.496 e. The number of hydrogen-bond donors (Lipinski definition) is 0. The van der Waals surface area contributed by atoms with E-state index < -0.39 is 7.12 Å². The van der Waals surface area contributed by atoms with Crippen LogP contribution in [-0.2, 0) is 9.31 Å². The number of rotatable bonds is 1. The molecule has 2 rings (SSSR count). The number of hydrogen-bond acceptors (Lipinski definition) is 3. The molecule has 1 saturated heterocycles. The van der Waals surface area contributed by atoms with E-state index in [0.717, 1.165) is 5.46 Å². The van der Waals surface area contributed by atoms with Gasteiger partial charge in [0.05, 0.1) is 12.6 Å². The molecule has 0 N–H and O–H groups in total. The van der Waals surface area contributed by atoms with E-state index in [1.165, 1.54) is 0 Å².